The van der Waals surface area contributed by atoms with Crippen LogP contribution in [0, 0.1) is 5.82 Å². The molecule has 1 aliphatic heterocycles. The monoisotopic (exact) mass is 516 g/mol. The third-order valence-corrected chi connectivity index (χ3v) is 6.51. The van der Waals surface area contributed by atoms with Crippen molar-refractivity contribution in [3.63, 3.8) is 0 Å². The Morgan fingerprint density at radius 3 is 2.18 bits per heavy atom. The molecule has 2 aromatic carbocycles. The molecule has 9 heteroatoms. The summed E-state index contributed by atoms with van der Waals surface area (Å²) in [5.74, 6) is -0.726. The first kappa shape index (κ1) is 29.6. The topological polar surface area (TPSA) is 60.9 Å². The molecule has 0 aliphatic carbocycles. The van der Waals surface area contributed by atoms with Crippen LogP contribution in [0.25, 0.3) is 0 Å². The maximum atomic E-state index is 12.9. The van der Waals surface area contributed by atoms with Gasteiger partial charge in [0.1, 0.15) is 5.82 Å². The van der Waals surface area contributed by atoms with Gasteiger partial charge in [0.15, 0.2) is 0 Å². The second-order valence-corrected chi connectivity index (χ2v) is 8.88. The molecule has 0 bridgehead atoms. The van der Waals surface area contributed by atoms with Crippen molar-refractivity contribution in [1.82, 2.24) is 9.80 Å². The van der Waals surface area contributed by atoms with Gasteiger partial charge in [-0.3, -0.25) is 14.5 Å². The average Bonchev–Trinajstić information content (AvgIpc) is 2.79. The minimum absolute atomic E-state index is 0. The first-order chi connectivity index (χ1) is 15.0. The number of aliphatic hydroxyl groups is 1. The minimum Gasteiger partial charge on any atom is -0.391 e. The number of carbonyl (C=O) groups is 2. The van der Waals surface area contributed by atoms with E-state index in [1.54, 1.807) is 11.8 Å². The summed E-state index contributed by atoms with van der Waals surface area (Å²) in [6.07, 6.45) is 0.459. The second-order valence-electron chi connectivity index (χ2n) is 7.78. The summed E-state index contributed by atoms with van der Waals surface area (Å²) in [6.45, 7) is 4.98. The van der Waals surface area contributed by atoms with Gasteiger partial charge < -0.3 is 10.0 Å². The number of nitrogens with zero attached hydrogens (tertiary/aromatic N) is 2. The van der Waals surface area contributed by atoms with Crippen molar-refractivity contribution in [2.24, 2.45) is 0 Å². The molecule has 0 spiro atoms. The van der Waals surface area contributed by atoms with Crippen LogP contribution in [0.2, 0.25) is 0 Å². The number of thioether (sulfide) groups is 1. The lowest BCUT2D eigenvalue weighted by molar-refractivity contribution is -0.115. The fourth-order valence-electron chi connectivity index (χ4n) is 3.59. The molecule has 33 heavy (non-hydrogen) atoms. The third kappa shape index (κ3) is 10.1. The Morgan fingerprint density at radius 2 is 1.55 bits per heavy atom. The van der Waals surface area contributed by atoms with Crippen LogP contribution in [0.1, 0.15) is 23.2 Å². The molecule has 1 unspecified atom stereocenters. The number of benzene rings is 2. The Bertz CT molecular complexity index is 851. The van der Waals surface area contributed by atoms with Gasteiger partial charge in [0.05, 0.1) is 6.10 Å². The average molecular weight is 517 g/mol. The van der Waals surface area contributed by atoms with Crippen molar-refractivity contribution in [3.05, 3.63) is 66.0 Å². The fourth-order valence-corrected chi connectivity index (χ4v) is 4.43. The summed E-state index contributed by atoms with van der Waals surface area (Å²) >= 11 is 1.67. The number of hydrogen-bond acceptors (Lipinski definition) is 6. The summed E-state index contributed by atoms with van der Waals surface area (Å²) in [5.41, 5.74) is 0.240. The van der Waals surface area contributed by atoms with E-state index >= 15 is 0 Å². The number of carbonyl (C=O) groups excluding carboxylic acids is 2. The molecule has 0 radical (unpaired) electrons. The molecule has 0 saturated carbocycles. The highest BCUT2D eigenvalue weighted by Gasteiger charge is 2.20. The normalized spacial score (nSPS) is 15.2. The lowest BCUT2D eigenvalue weighted by Gasteiger charge is -2.35. The Morgan fingerprint density at radius 1 is 0.939 bits per heavy atom. The van der Waals surface area contributed by atoms with Crippen LogP contribution in [-0.4, -0.2) is 77.6 Å². The molecule has 5 nitrogen and oxygen atoms in total. The predicted octanol–water partition coefficient (Wildman–Crippen LogP) is 3.97. The highest BCUT2D eigenvalue weighted by atomic mass is 35.5. The van der Waals surface area contributed by atoms with Gasteiger partial charge in [0.25, 0.3) is 0 Å². The summed E-state index contributed by atoms with van der Waals surface area (Å²) in [5, 5.41) is 10.3. The van der Waals surface area contributed by atoms with E-state index in [1.807, 2.05) is 30.3 Å². The van der Waals surface area contributed by atoms with Crippen LogP contribution in [0.15, 0.2) is 59.5 Å². The number of hydrogen-bond donors (Lipinski definition) is 1. The van der Waals surface area contributed by atoms with Gasteiger partial charge in [-0.1, -0.05) is 18.2 Å². The summed E-state index contributed by atoms with van der Waals surface area (Å²) in [7, 11) is 0. The number of Topliss-reactive ketones (excluding diaryl/α,β-unsaturated/α-hetero) is 2. The Balaban J connectivity index is 0.00000272. The van der Waals surface area contributed by atoms with E-state index in [1.165, 1.54) is 29.2 Å². The summed E-state index contributed by atoms with van der Waals surface area (Å²) < 4.78 is 12.9. The molecule has 182 valence electrons. The smallest absolute Gasteiger partial charge is 0.228 e. The molecule has 1 N–H and O–H groups in total. The van der Waals surface area contributed by atoms with Crippen molar-refractivity contribution >= 4 is 48.1 Å². The first-order valence-electron chi connectivity index (χ1n) is 10.6. The molecule has 1 saturated heterocycles. The van der Waals surface area contributed by atoms with Gasteiger partial charge in [-0.2, -0.15) is 0 Å². The van der Waals surface area contributed by atoms with E-state index in [9.17, 15) is 19.1 Å². The molecule has 1 atom stereocenters. The van der Waals surface area contributed by atoms with Crippen LogP contribution in [0.5, 0.6) is 0 Å². The molecule has 1 heterocycles. The minimum atomic E-state index is -0.549. The lowest BCUT2D eigenvalue weighted by atomic mass is 10.0. The number of β-amino-alcohol motifs (C(OH)–C–C–N with tert-alkyl or cyclic N) is 1. The highest BCUT2D eigenvalue weighted by molar-refractivity contribution is 7.99. The summed E-state index contributed by atoms with van der Waals surface area (Å²) in [4.78, 5) is 29.9. The maximum absolute atomic E-state index is 12.9. The Labute approximate surface area is 211 Å². The largest absolute Gasteiger partial charge is 0.391 e. The standard InChI is InChI=1S/C24H29FN2O3S.2ClH/c25-20-10-8-19(9-11-20)24(30)23(29)7-4-12-26-13-15-27(16-14-26)17-21(28)18-31-22-5-2-1-3-6-22;;/h1-3,5-6,8-11,21,28H,4,7,12-18H2;2*1H. The fraction of sp³-hybridized carbons (Fsp3) is 0.417. The van der Waals surface area contributed by atoms with E-state index in [0.717, 1.165) is 32.7 Å². The van der Waals surface area contributed by atoms with Crippen molar-refractivity contribution in [2.45, 2.75) is 23.8 Å². The number of aliphatic hydroxyl groups excluding tert-OH is 1. The Kier molecular flexibility index (Phi) is 13.8. The zero-order valence-electron chi connectivity index (χ0n) is 18.4. The Hall–Kier alpha value is -1.48. The summed E-state index contributed by atoms with van der Waals surface area (Å²) in [6, 6.07) is 15.2. The zero-order valence-corrected chi connectivity index (χ0v) is 20.8. The van der Waals surface area contributed by atoms with Gasteiger partial charge in [0.2, 0.25) is 11.6 Å². The van der Waals surface area contributed by atoms with E-state index in [0.29, 0.717) is 18.7 Å². The van der Waals surface area contributed by atoms with E-state index in [-0.39, 0.29) is 42.9 Å². The molecule has 0 amide bonds. The lowest BCUT2D eigenvalue weighted by Crippen LogP contribution is -2.49. The number of rotatable bonds is 11. The van der Waals surface area contributed by atoms with Gasteiger partial charge >= 0.3 is 0 Å². The van der Waals surface area contributed by atoms with E-state index in [2.05, 4.69) is 9.80 Å². The number of ketones is 2. The van der Waals surface area contributed by atoms with Crippen LogP contribution in [-0.2, 0) is 4.79 Å². The zero-order chi connectivity index (χ0) is 22.1. The highest BCUT2D eigenvalue weighted by Crippen LogP contribution is 2.18. The van der Waals surface area contributed by atoms with Crippen molar-refractivity contribution in [1.29, 1.82) is 0 Å². The van der Waals surface area contributed by atoms with E-state index in [4.69, 9.17) is 0 Å². The first-order valence-corrected chi connectivity index (χ1v) is 11.6. The van der Waals surface area contributed by atoms with E-state index < -0.39 is 17.4 Å². The van der Waals surface area contributed by atoms with Crippen molar-refractivity contribution in [2.75, 3.05) is 45.0 Å². The maximum Gasteiger partial charge on any atom is 0.228 e. The predicted molar refractivity (Wildman–Crippen MR) is 136 cm³/mol. The number of piperazine rings is 1. The molecular formula is C24H31Cl2FN2O3S. The van der Waals surface area contributed by atoms with Crippen LogP contribution < -0.4 is 0 Å². The van der Waals surface area contributed by atoms with Gasteiger partial charge in [-0.25, -0.2) is 4.39 Å². The van der Waals surface area contributed by atoms with Gasteiger partial charge in [0, 0.05) is 55.4 Å². The third-order valence-electron chi connectivity index (χ3n) is 5.36. The van der Waals surface area contributed by atoms with Crippen LogP contribution in [0.4, 0.5) is 4.39 Å². The van der Waals surface area contributed by atoms with Crippen LogP contribution >= 0.6 is 36.6 Å². The molecule has 3 rings (SSSR count). The quantitative estimate of drug-likeness (QED) is 0.277. The SMILES string of the molecule is Cl.Cl.O=C(CCCN1CCN(CC(O)CSc2ccccc2)CC1)C(=O)c1ccc(F)cc1. The number of halogens is 3. The molecule has 1 fully saturated rings. The molecular weight excluding hydrogens is 486 g/mol. The van der Waals surface area contributed by atoms with Crippen molar-refractivity contribution < 1.29 is 19.1 Å². The molecule has 1 aliphatic rings. The van der Waals surface area contributed by atoms with Crippen molar-refractivity contribution in [3.8, 4) is 0 Å². The van der Waals surface area contributed by atoms with Gasteiger partial charge in [-0.05, 0) is 49.4 Å². The molecule has 0 aromatic heterocycles. The molecule has 2 aromatic rings. The van der Waals surface area contributed by atoms with Crippen LogP contribution in [0.3, 0.4) is 0 Å². The van der Waals surface area contributed by atoms with Gasteiger partial charge in [-0.15, -0.1) is 36.6 Å². The second kappa shape index (κ2) is 15.4.